The zero-order chi connectivity index (χ0) is 15.6. The van der Waals surface area contributed by atoms with Crippen molar-refractivity contribution in [1.82, 2.24) is 10.2 Å². The Morgan fingerprint density at radius 3 is 2.10 bits per heavy atom. The maximum atomic E-state index is 12.3. The molecule has 0 bridgehead atoms. The lowest BCUT2D eigenvalue weighted by atomic mass is 9.95. The van der Waals surface area contributed by atoms with Crippen molar-refractivity contribution in [2.75, 3.05) is 19.3 Å². The minimum atomic E-state index is -2.95. The van der Waals surface area contributed by atoms with Crippen molar-refractivity contribution in [1.29, 1.82) is 0 Å². The molecule has 6 nitrogen and oxygen atoms in total. The van der Waals surface area contributed by atoms with E-state index in [0.29, 0.717) is 25.9 Å². The van der Waals surface area contributed by atoms with Crippen molar-refractivity contribution in [3.05, 3.63) is 0 Å². The van der Waals surface area contributed by atoms with E-state index in [4.69, 9.17) is 4.74 Å². The molecular formula is C14H26N2O4S. The van der Waals surface area contributed by atoms with Crippen LogP contribution in [0, 0.1) is 0 Å². The second-order valence-electron chi connectivity index (χ2n) is 6.41. The Bertz CT molecular complexity index is 461. The highest BCUT2D eigenvalue weighted by atomic mass is 32.2. The summed E-state index contributed by atoms with van der Waals surface area (Å²) in [5.74, 6) is 0. The maximum absolute atomic E-state index is 12.3. The topological polar surface area (TPSA) is 75.7 Å². The van der Waals surface area contributed by atoms with Gasteiger partial charge in [-0.05, 0) is 39.5 Å². The first-order valence-electron chi connectivity index (χ1n) is 7.65. The van der Waals surface area contributed by atoms with E-state index in [0.717, 1.165) is 12.8 Å². The molecular weight excluding hydrogens is 292 g/mol. The van der Waals surface area contributed by atoms with Crippen LogP contribution in [0.4, 0.5) is 4.79 Å². The van der Waals surface area contributed by atoms with Gasteiger partial charge in [-0.1, -0.05) is 0 Å². The molecule has 2 fully saturated rings. The number of rotatable bonds is 2. The average molecular weight is 318 g/mol. The predicted molar refractivity (Wildman–Crippen MR) is 81.0 cm³/mol. The summed E-state index contributed by atoms with van der Waals surface area (Å²) in [7, 11) is -2.95. The van der Waals surface area contributed by atoms with Gasteiger partial charge in [0.25, 0.3) is 0 Å². The monoisotopic (exact) mass is 318 g/mol. The van der Waals surface area contributed by atoms with Gasteiger partial charge in [0.1, 0.15) is 9.84 Å². The van der Waals surface area contributed by atoms with Gasteiger partial charge in [0.05, 0.1) is 17.5 Å². The summed E-state index contributed by atoms with van der Waals surface area (Å²) >= 11 is 0. The Morgan fingerprint density at radius 2 is 1.62 bits per heavy atom. The number of hydrogen-bond donors (Lipinski definition) is 1. The summed E-state index contributed by atoms with van der Waals surface area (Å²) in [5.41, 5.74) is 0. The van der Waals surface area contributed by atoms with Gasteiger partial charge in [-0.15, -0.1) is 0 Å². The number of nitrogens with one attached hydrogen (secondary N) is 1. The number of nitrogens with zero attached hydrogens (tertiary/aromatic N) is 1. The van der Waals surface area contributed by atoms with E-state index in [1.807, 2.05) is 13.8 Å². The molecule has 0 unspecified atom stereocenters. The Kier molecular flexibility index (Phi) is 5.14. The molecule has 0 spiro atoms. The van der Waals surface area contributed by atoms with Crippen LogP contribution in [0.3, 0.4) is 0 Å². The van der Waals surface area contributed by atoms with E-state index in [-0.39, 0.29) is 29.5 Å². The van der Waals surface area contributed by atoms with Crippen molar-refractivity contribution < 1.29 is 17.9 Å². The molecule has 122 valence electrons. The molecule has 0 radical (unpaired) electrons. The maximum Gasteiger partial charge on any atom is 0.317 e. The fourth-order valence-electron chi connectivity index (χ4n) is 3.24. The first-order valence-corrected chi connectivity index (χ1v) is 9.61. The van der Waals surface area contributed by atoms with E-state index in [9.17, 15) is 13.2 Å². The molecule has 2 aliphatic rings. The molecule has 7 heteroatoms. The lowest BCUT2D eigenvalue weighted by molar-refractivity contribution is -0.0548. The molecule has 0 aromatic rings. The molecule has 1 heterocycles. The summed E-state index contributed by atoms with van der Waals surface area (Å²) in [6.07, 6.45) is 4.16. The third-order valence-electron chi connectivity index (χ3n) is 4.31. The number of carbonyl (C=O) groups excluding carboxylic acids is 1. The van der Waals surface area contributed by atoms with Crippen molar-refractivity contribution >= 4 is 15.9 Å². The summed E-state index contributed by atoms with van der Waals surface area (Å²) in [6.45, 7) is 5.14. The summed E-state index contributed by atoms with van der Waals surface area (Å²) in [6, 6.07) is 0.0313. The molecule has 2 atom stereocenters. The smallest absolute Gasteiger partial charge is 0.317 e. The predicted octanol–water partition coefficient (Wildman–Crippen LogP) is 1.16. The highest BCUT2D eigenvalue weighted by Gasteiger charge is 2.31. The van der Waals surface area contributed by atoms with Gasteiger partial charge in [0, 0.05) is 25.4 Å². The molecule has 2 amide bonds. The number of hydrogen-bond acceptors (Lipinski definition) is 4. The fraction of sp³-hybridized carbons (Fsp3) is 0.929. The number of urea groups is 1. The second kappa shape index (κ2) is 6.52. The van der Waals surface area contributed by atoms with Crippen LogP contribution in [0.5, 0.6) is 0 Å². The zero-order valence-electron chi connectivity index (χ0n) is 13.0. The van der Waals surface area contributed by atoms with E-state index >= 15 is 0 Å². The Balaban J connectivity index is 1.82. The highest BCUT2D eigenvalue weighted by Crippen LogP contribution is 2.24. The summed E-state index contributed by atoms with van der Waals surface area (Å²) in [5, 5.41) is 2.80. The Labute approximate surface area is 127 Å². The Morgan fingerprint density at radius 1 is 1.10 bits per heavy atom. The van der Waals surface area contributed by atoms with Gasteiger partial charge in [-0.3, -0.25) is 0 Å². The molecule has 21 heavy (non-hydrogen) atoms. The van der Waals surface area contributed by atoms with Gasteiger partial charge < -0.3 is 15.0 Å². The highest BCUT2D eigenvalue weighted by molar-refractivity contribution is 7.91. The Hall–Kier alpha value is -0.820. The molecule has 1 N–H and O–H groups in total. The molecule has 1 saturated heterocycles. The van der Waals surface area contributed by atoms with Crippen LogP contribution < -0.4 is 5.32 Å². The molecule has 1 aliphatic carbocycles. The van der Waals surface area contributed by atoms with E-state index in [1.165, 1.54) is 6.26 Å². The minimum Gasteiger partial charge on any atom is -0.372 e. The van der Waals surface area contributed by atoms with Gasteiger partial charge in [0.15, 0.2) is 0 Å². The molecule has 0 aromatic carbocycles. The van der Waals surface area contributed by atoms with Crippen molar-refractivity contribution in [3.8, 4) is 0 Å². The van der Waals surface area contributed by atoms with Crippen LogP contribution in [-0.2, 0) is 14.6 Å². The number of morpholine rings is 1. The van der Waals surface area contributed by atoms with Gasteiger partial charge in [-0.25, -0.2) is 13.2 Å². The normalized spacial score (nSPS) is 34.5. The SMILES string of the molecule is C[C@@H]1CN(C(=O)NC2CCC(S(C)(=O)=O)CC2)C[C@H](C)O1. The molecule has 1 saturated carbocycles. The van der Waals surface area contributed by atoms with Crippen molar-refractivity contribution in [3.63, 3.8) is 0 Å². The molecule has 2 rings (SSSR count). The van der Waals surface area contributed by atoms with Gasteiger partial charge in [0.2, 0.25) is 0 Å². The van der Waals surface area contributed by atoms with Crippen LogP contribution in [0.2, 0.25) is 0 Å². The van der Waals surface area contributed by atoms with E-state index in [1.54, 1.807) is 4.90 Å². The van der Waals surface area contributed by atoms with Gasteiger partial charge in [-0.2, -0.15) is 0 Å². The van der Waals surface area contributed by atoms with Crippen molar-refractivity contribution in [2.45, 2.75) is 63.0 Å². The average Bonchev–Trinajstić information content (AvgIpc) is 2.37. The van der Waals surface area contributed by atoms with E-state index in [2.05, 4.69) is 5.32 Å². The number of carbonyl (C=O) groups is 1. The van der Waals surface area contributed by atoms with Crippen LogP contribution in [0.15, 0.2) is 0 Å². The fourth-order valence-corrected chi connectivity index (χ4v) is 4.37. The lowest BCUT2D eigenvalue weighted by Gasteiger charge is -2.37. The van der Waals surface area contributed by atoms with Crippen LogP contribution >= 0.6 is 0 Å². The molecule has 0 aromatic heterocycles. The zero-order valence-corrected chi connectivity index (χ0v) is 13.9. The third-order valence-corrected chi connectivity index (χ3v) is 6.00. The van der Waals surface area contributed by atoms with Crippen LogP contribution in [-0.4, -0.2) is 62.2 Å². The summed E-state index contributed by atoms with van der Waals surface area (Å²) < 4.78 is 28.7. The minimum absolute atomic E-state index is 0.0557. The third kappa shape index (κ3) is 4.57. The second-order valence-corrected chi connectivity index (χ2v) is 8.74. The first-order chi connectivity index (χ1) is 9.75. The van der Waals surface area contributed by atoms with Crippen molar-refractivity contribution in [2.24, 2.45) is 0 Å². The number of amides is 2. The van der Waals surface area contributed by atoms with E-state index < -0.39 is 9.84 Å². The lowest BCUT2D eigenvalue weighted by Crippen LogP contribution is -2.54. The van der Waals surface area contributed by atoms with Crippen LogP contribution in [0.1, 0.15) is 39.5 Å². The largest absolute Gasteiger partial charge is 0.372 e. The van der Waals surface area contributed by atoms with Crippen LogP contribution in [0.25, 0.3) is 0 Å². The first kappa shape index (κ1) is 16.5. The van der Waals surface area contributed by atoms with Gasteiger partial charge >= 0.3 is 6.03 Å². The quantitative estimate of drug-likeness (QED) is 0.829. The number of sulfone groups is 1. The standard InChI is InChI=1S/C14H26N2O4S/c1-10-8-16(9-11(2)20-10)14(17)15-12-4-6-13(7-5-12)21(3,18)19/h10-13H,4-9H2,1-3H3,(H,15,17)/t10-,11+,12?,13?. The molecule has 1 aliphatic heterocycles. The number of ether oxygens (including phenoxy) is 1. The summed E-state index contributed by atoms with van der Waals surface area (Å²) in [4.78, 5) is 14.1.